The molecule has 1 heterocycles. The lowest BCUT2D eigenvalue weighted by Crippen LogP contribution is -2.21. The van der Waals surface area contributed by atoms with E-state index in [1.165, 1.54) is 25.0 Å². The highest BCUT2D eigenvalue weighted by Gasteiger charge is 2.26. The first-order chi connectivity index (χ1) is 7.33. The molecule has 2 unspecified atom stereocenters. The van der Waals surface area contributed by atoms with Crippen molar-refractivity contribution < 1.29 is 0 Å². The molecule has 84 valence electrons. The third-order valence-electron chi connectivity index (χ3n) is 3.25. The summed E-state index contributed by atoms with van der Waals surface area (Å²) in [5.41, 5.74) is 1.34. The van der Waals surface area contributed by atoms with Crippen molar-refractivity contribution in [1.82, 2.24) is 9.78 Å². The van der Waals surface area contributed by atoms with Gasteiger partial charge in [-0.1, -0.05) is 19.8 Å². The van der Waals surface area contributed by atoms with Gasteiger partial charge < -0.3 is 0 Å². The van der Waals surface area contributed by atoms with Gasteiger partial charge in [0.2, 0.25) is 0 Å². The number of alkyl halides is 1. The Morgan fingerprint density at radius 3 is 3.00 bits per heavy atom. The maximum atomic E-state index is 6.41. The predicted molar refractivity (Wildman–Crippen MR) is 63.4 cm³/mol. The Bertz CT molecular complexity index is 308. The normalized spacial score (nSPS) is 26.8. The van der Waals surface area contributed by atoms with E-state index in [0.717, 1.165) is 19.4 Å². The van der Waals surface area contributed by atoms with Crippen LogP contribution in [-0.4, -0.2) is 15.2 Å². The molecule has 0 aromatic carbocycles. The van der Waals surface area contributed by atoms with Gasteiger partial charge in [-0.25, -0.2) is 0 Å². The highest BCUT2D eigenvalue weighted by molar-refractivity contribution is 6.21. The van der Waals surface area contributed by atoms with Gasteiger partial charge in [0.1, 0.15) is 0 Å². The minimum Gasteiger partial charge on any atom is -0.269 e. The van der Waals surface area contributed by atoms with Crippen molar-refractivity contribution in [1.29, 1.82) is 0 Å². The van der Waals surface area contributed by atoms with E-state index < -0.39 is 0 Å². The summed E-state index contributed by atoms with van der Waals surface area (Å²) in [6.07, 6.45) is 8.02. The zero-order valence-electron chi connectivity index (χ0n) is 9.32. The van der Waals surface area contributed by atoms with Crippen LogP contribution in [0.2, 0.25) is 0 Å². The molecule has 1 aliphatic rings. The summed E-state index contributed by atoms with van der Waals surface area (Å²) in [7, 11) is 0. The molecule has 0 radical (unpaired) electrons. The van der Waals surface area contributed by atoms with Crippen LogP contribution in [0.25, 0.3) is 0 Å². The van der Waals surface area contributed by atoms with Gasteiger partial charge in [0, 0.05) is 29.7 Å². The topological polar surface area (TPSA) is 17.8 Å². The lowest BCUT2D eigenvalue weighted by molar-refractivity contribution is 0.419. The molecular formula is C12H19ClN2. The van der Waals surface area contributed by atoms with Gasteiger partial charge in [-0.05, 0) is 25.3 Å². The number of rotatable bonds is 3. The molecule has 0 aliphatic heterocycles. The van der Waals surface area contributed by atoms with Crippen molar-refractivity contribution in [3.8, 4) is 0 Å². The summed E-state index contributed by atoms with van der Waals surface area (Å²) in [6.45, 7) is 3.20. The number of aryl methyl sites for hydroxylation is 1. The molecule has 2 nitrogen and oxygen atoms in total. The van der Waals surface area contributed by atoms with Crippen molar-refractivity contribution in [2.24, 2.45) is 0 Å². The molecule has 0 saturated heterocycles. The van der Waals surface area contributed by atoms with Crippen molar-refractivity contribution in [2.75, 3.05) is 0 Å². The second-order valence-corrected chi connectivity index (χ2v) is 4.95. The van der Waals surface area contributed by atoms with Gasteiger partial charge >= 0.3 is 0 Å². The van der Waals surface area contributed by atoms with Crippen LogP contribution in [0.3, 0.4) is 0 Å². The molecule has 1 saturated carbocycles. The molecule has 0 spiro atoms. The Kier molecular flexibility index (Phi) is 3.68. The summed E-state index contributed by atoms with van der Waals surface area (Å²) in [4.78, 5) is 0. The summed E-state index contributed by atoms with van der Waals surface area (Å²) in [5.74, 6) is 0.523. The fourth-order valence-electron chi connectivity index (χ4n) is 2.48. The molecule has 0 N–H and O–H groups in total. The molecule has 2 rings (SSSR count). The minimum absolute atomic E-state index is 0.311. The Hall–Kier alpha value is -0.500. The van der Waals surface area contributed by atoms with Crippen molar-refractivity contribution in [2.45, 2.75) is 56.9 Å². The number of hydrogen-bond acceptors (Lipinski definition) is 1. The molecule has 1 aromatic heterocycles. The average Bonchev–Trinajstić information content (AvgIpc) is 2.67. The van der Waals surface area contributed by atoms with Gasteiger partial charge in [0.05, 0.1) is 0 Å². The van der Waals surface area contributed by atoms with Crippen LogP contribution in [-0.2, 0) is 6.54 Å². The summed E-state index contributed by atoms with van der Waals surface area (Å²) >= 11 is 6.41. The van der Waals surface area contributed by atoms with E-state index in [1.807, 2.05) is 6.20 Å². The number of hydrogen-bond donors (Lipinski definition) is 0. The van der Waals surface area contributed by atoms with E-state index in [2.05, 4.69) is 22.8 Å². The monoisotopic (exact) mass is 226 g/mol. The fraction of sp³-hybridized carbons (Fsp3) is 0.750. The SMILES string of the molecule is CCCn1nccc1C1CCCCC1Cl. The van der Waals surface area contributed by atoms with Crippen LogP contribution in [0, 0.1) is 0 Å². The zero-order chi connectivity index (χ0) is 10.7. The van der Waals surface area contributed by atoms with E-state index in [1.54, 1.807) is 0 Å². The van der Waals surface area contributed by atoms with E-state index >= 15 is 0 Å². The molecule has 0 amide bonds. The van der Waals surface area contributed by atoms with Crippen LogP contribution in [0.1, 0.15) is 50.6 Å². The molecule has 1 fully saturated rings. The van der Waals surface area contributed by atoms with Crippen LogP contribution < -0.4 is 0 Å². The molecule has 15 heavy (non-hydrogen) atoms. The minimum atomic E-state index is 0.311. The molecular weight excluding hydrogens is 208 g/mol. The molecule has 0 bridgehead atoms. The quantitative estimate of drug-likeness (QED) is 0.721. The maximum Gasteiger partial charge on any atom is 0.0492 e. The largest absolute Gasteiger partial charge is 0.269 e. The standard InChI is InChI=1S/C12H19ClN2/c1-2-9-15-12(7-8-14-15)10-5-3-4-6-11(10)13/h7-8,10-11H,2-6,9H2,1H3. The lowest BCUT2D eigenvalue weighted by atomic mass is 9.86. The van der Waals surface area contributed by atoms with E-state index in [0.29, 0.717) is 11.3 Å². The van der Waals surface area contributed by atoms with Crippen molar-refractivity contribution in [3.05, 3.63) is 18.0 Å². The zero-order valence-corrected chi connectivity index (χ0v) is 10.1. The lowest BCUT2D eigenvalue weighted by Gasteiger charge is -2.27. The van der Waals surface area contributed by atoms with Crippen LogP contribution in [0.15, 0.2) is 12.3 Å². The fourth-order valence-corrected chi connectivity index (χ4v) is 2.88. The predicted octanol–water partition coefficient (Wildman–Crippen LogP) is 3.56. The first kappa shape index (κ1) is 11.0. The average molecular weight is 227 g/mol. The summed E-state index contributed by atoms with van der Waals surface area (Å²) in [6, 6.07) is 2.14. The van der Waals surface area contributed by atoms with Gasteiger partial charge in [0.25, 0.3) is 0 Å². The Balaban J connectivity index is 2.15. The maximum absolute atomic E-state index is 6.41. The van der Waals surface area contributed by atoms with Crippen molar-refractivity contribution >= 4 is 11.6 Å². The highest BCUT2D eigenvalue weighted by atomic mass is 35.5. The van der Waals surface area contributed by atoms with E-state index in [9.17, 15) is 0 Å². The van der Waals surface area contributed by atoms with Crippen LogP contribution in [0.4, 0.5) is 0 Å². The van der Waals surface area contributed by atoms with Gasteiger partial charge in [-0.15, -0.1) is 11.6 Å². The Labute approximate surface area is 96.6 Å². The molecule has 2 atom stereocenters. The first-order valence-electron chi connectivity index (χ1n) is 5.98. The third-order valence-corrected chi connectivity index (χ3v) is 3.77. The molecule has 3 heteroatoms. The third kappa shape index (κ3) is 2.36. The molecule has 1 aliphatic carbocycles. The smallest absolute Gasteiger partial charge is 0.0492 e. The first-order valence-corrected chi connectivity index (χ1v) is 6.42. The van der Waals surface area contributed by atoms with Gasteiger partial charge in [-0.2, -0.15) is 5.10 Å². The second kappa shape index (κ2) is 5.02. The van der Waals surface area contributed by atoms with E-state index in [-0.39, 0.29) is 0 Å². The second-order valence-electron chi connectivity index (χ2n) is 4.39. The Morgan fingerprint density at radius 1 is 1.47 bits per heavy atom. The van der Waals surface area contributed by atoms with Gasteiger partial charge in [-0.3, -0.25) is 4.68 Å². The number of halogens is 1. The van der Waals surface area contributed by atoms with Gasteiger partial charge in [0.15, 0.2) is 0 Å². The van der Waals surface area contributed by atoms with Crippen LogP contribution in [0.5, 0.6) is 0 Å². The molecule has 1 aromatic rings. The summed E-state index contributed by atoms with van der Waals surface area (Å²) < 4.78 is 2.13. The Morgan fingerprint density at radius 2 is 2.27 bits per heavy atom. The van der Waals surface area contributed by atoms with Crippen LogP contribution >= 0.6 is 11.6 Å². The number of aromatic nitrogens is 2. The highest BCUT2D eigenvalue weighted by Crippen LogP contribution is 2.36. The van der Waals surface area contributed by atoms with Crippen molar-refractivity contribution in [3.63, 3.8) is 0 Å². The summed E-state index contributed by atoms with van der Waals surface area (Å²) in [5, 5.41) is 4.68. The van der Waals surface area contributed by atoms with E-state index in [4.69, 9.17) is 11.6 Å². The number of nitrogens with zero attached hydrogens (tertiary/aromatic N) is 2.